The molecule has 0 bridgehead atoms. The van der Waals surface area contributed by atoms with Gasteiger partial charge in [-0.3, -0.25) is 4.79 Å². The summed E-state index contributed by atoms with van der Waals surface area (Å²) in [5.41, 5.74) is 0. The van der Waals surface area contributed by atoms with Crippen LogP contribution in [0.1, 0.15) is 20.3 Å². The highest BCUT2D eigenvalue weighted by molar-refractivity contribution is 7.99. The highest BCUT2D eigenvalue weighted by Crippen LogP contribution is 2.19. The largest absolute Gasteiger partial charge is 0.396 e. The highest BCUT2D eigenvalue weighted by atomic mass is 32.2. The Labute approximate surface area is 119 Å². The number of nitrogens with zero attached hydrogens (tertiary/aromatic N) is 1. The predicted octanol–water partition coefficient (Wildman–Crippen LogP) is 0.384. The number of carbonyl (C=O) groups is 1. The van der Waals surface area contributed by atoms with E-state index in [-0.39, 0.29) is 36.0 Å². The molecule has 0 aliphatic carbocycles. The second-order valence-electron chi connectivity index (χ2n) is 5.04. The van der Waals surface area contributed by atoms with Gasteiger partial charge in [0.05, 0.1) is 17.3 Å². The Morgan fingerprint density at radius 1 is 1.53 bits per heavy atom. The summed E-state index contributed by atoms with van der Waals surface area (Å²) < 4.78 is 22.9. The number of aliphatic hydroxyl groups excluding tert-OH is 1. The van der Waals surface area contributed by atoms with E-state index in [0.717, 1.165) is 5.75 Å². The first kappa shape index (κ1) is 16.8. The van der Waals surface area contributed by atoms with Crippen LogP contribution in [0.4, 0.5) is 0 Å². The van der Waals surface area contributed by atoms with Crippen molar-refractivity contribution in [1.82, 2.24) is 4.90 Å². The fraction of sp³-hybridized carbons (Fsp3) is 0.917. The molecule has 0 radical (unpaired) electrons. The molecule has 7 heteroatoms. The Morgan fingerprint density at radius 2 is 2.21 bits per heavy atom. The van der Waals surface area contributed by atoms with E-state index in [9.17, 15) is 13.2 Å². The van der Waals surface area contributed by atoms with Gasteiger partial charge >= 0.3 is 0 Å². The molecule has 1 aliphatic heterocycles. The summed E-state index contributed by atoms with van der Waals surface area (Å²) in [4.78, 5) is 13.8. The molecule has 1 saturated heterocycles. The maximum absolute atomic E-state index is 12.1. The van der Waals surface area contributed by atoms with Gasteiger partial charge in [0.25, 0.3) is 0 Å². The van der Waals surface area contributed by atoms with Crippen molar-refractivity contribution in [1.29, 1.82) is 0 Å². The number of carbonyl (C=O) groups excluding carboxylic acids is 1. The van der Waals surface area contributed by atoms with Gasteiger partial charge in [-0.2, -0.15) is 11.8 Å². The lowest BCUT2D eigenvalue weighted by Gasteiger charge is -2.26. The maximum Gasteiger partial charge on any atom is 0.232 e. The van der Waals surface area contributed by atoms with E-state index in [1.165, 1.54) is 11.8 Å². The van der Waals surface area contributed by atoms with Crippen LogP contribution < -0.4 is 0 Å². The summed E-state index contributed by atoms with van der Waals surface area (Å²) >= 11 is 1.50. The van der Waals surface area contributed by atoms with Gasteiger partial charge in [0.1, 0.15) is 0 Å². The van der Waals surface area contributed by atoms with Crippen molar-refractivity contribution in [2.24, 2.45) is 5.92 Å². The first-order valence-electron chi connectivity index (χ1n) is 6.58. The maximum atomic E-state index is 12.1. The quantitative estimate of drug-likeness (QED) is 0.736. The van der Waals surface area contributed by atoms with Crippen LogP contribution in [0.3, 0.4) is 0 Å². The van der Waals surface area contributed by atoms with Gasteiger partial charge in [-0.25, -0.2) is 8.42 Å². The molecule has 0 aromatic carbocycles. The first-order chi connectivity index (χ1) is 8.89. The Kier molecular flexibility index (Phi) is 6.62. The molecule has 1 N–H and O–H groups in total. The third kappa shape index (κ3) is 5.31. The lowest BCUT2D eigenvalue weighted by molar-refractivity contribution is -0.129. The average molecular weight is 309 g/mol. The zero-order chi connectivity index (χ0) is 14.5. The Morgan fingerprint density at radius 3 is 2.68 bits per heavy atom. The molecule has 1 heterocycles. The summed E-state index contributed by atoms with van der Waals surface area (Å²) in [5, 5.41) is 8.91. The third-order valence-electron chi connectivity index (χ3n) is 3.25. The minimum absolute atomic E-state index is 0.000241. The number of aliphatic hydroxyl groups is 1. The minimum Gasteiger partial charge on any atom is -0.396 e. The second-order valence-corrected chi connectivity index (χ2v) is 8.30. The van der Waals surface area contributed by atoms with Crippen LogP contribution in [0.25, 0.3) is 0 Å². The molecule has 1 rings (SSSR count). The molecule has 1 fully saturated rings. The molecule has 2 atom stereocenters. The van der Waals surface area contributed by atoms with Crippen LogP contribution in [0, 0.1) is 5.92 Å². The average Bonchev–Trinajstić information content (AvgIpc) is 2.70. The number of hydrogen-bond donors (Lipinski definition) is 1. The Bertz CT molecular complexity index is 397. The standard InChI is InChI=1S/C12H23NO4S2/c1-3-13(11-4-5-19(16,17)9-11)12(15)8-18-7-10(2)6-14/h10-11,14H,3-9H2,1-2H3. The van der Waals surface area contributed by atoms with Crippen LogP contribution in [0.5, 0.6) is 0 Å². The molecule has 19 heavy (non-hydrogen) atoms. The van der Waals surface area contributed by atoms with E-state index in [0.29, 0.717) is 18.7 Å². The van der Waals surface area contributed by atoms with Gasteiger partial charge in [-0.1, -0.05) is 6.92 Å². The number of thioether (sulfide) groups is 1. The molecular weight excluding hydrogens is 286 g/mol. The summed E-state index contributed by atoms with van der Waals surface area (Å²) in [6.45, 7) is 4.48. The zero-order valence-electron chi connectivity index (χ0n) is 11.5. The van der Waals surface area contributed by atoms with Crippen molar-refractivity contribution in [3.8, 4) is 0 Å². The summed E-state index contributed by atoms with van der Waals surface area (Å²) in [6, 6.07) is -0.154. The van der Waals surface area contributed by atoms with Crippen molar-refractivity contribution in [2.75, 3.05) is 36.2 Å². The van der Waals surface area contributed by atoms with Crippen molar-refractivity contribution in [3.05, 3.63) is 0 Å². The lowest BCUT2D eigenvalue weighted by Crippen LogP contribution is -2.42. The van der Waals surface area contributed by atoms with E-state index in [1.807, 2.05) is 13.8 Å². The summed E-state index contributed by atoms with van der Waals surface area (Å²) in [6.07, 6.45) is 0.555. The molecule has 1 amide bonds. The van der Waals surface area contributed by atoms with Crippen LogP contribution in [-0.4, -0.2) is 66.5 Å². The van der Waals surface area contributed by atoms with Crippen molar-refractivity contribution < 1.29 is 18.3 Å². The van der Waals surface area contributed by atoms with Gasteiger partial charge in [0.15, 0.2) is 9.84 Å². The van der Waals surface area contributed by atoms with Gasteiger partial charge in [0.2, 0.25) is 5.91 Å². The van der Waals surface area contributed by atoms with E-state index in [4.69, 9.17) is 5.11 Å². The highest BCUT2D eigenvalue weighted by Gasteiger charge is 2.33. The smallest absolute Gasteiger partial charge is 0.232 e. The summed E-state index contributed by atoms with van der Waals surface area (Å²) in [7, 11) is -2.96. The molecule has 112 valence electrons. The molecule has 0 aromatic heterocycles. The first-order valence-corrected chi connectivity index (χ1v) is 9.55. The van der Waals surface area contributed by atoms with Crippen LogP contribution >= 0.6 is 11.8 Å². The number of rotatable bonds is 7. The van der Waals surface area contributed by atoms with Gasteiger partial charge in [-0.05, 0) is 25.0 Å². The zero-order valence-corrected chi connectivity index (χ0v) is 13.2. The molecule has 5 nitrogen and oxygen atoms in total. The number of amides is 1. The fourth-order valence-electron chi connectivity index (χ4n) is 2.14. The Balaban J connectivity index is 2.44. The SMILES string of the molecule is CCN(C(=O)CSCC(C)CO)C1CCS(=O)(=O)C1. The molecule has 0 saturated carbocycles. The van der Waals surface area contributed by atoms with Crippen molar-refractivity contribution in [3.63, 3.8) is 0 Å². The van der Waals surface area contributed by atoms with Crippen LogP contribution in [0.15, 0.2) is 0 Å². The molecular formula is C12H23NO4S2. The third-order valence-corrected chi connectivity index (χ3v) is 6.26. The van der Waals surface area contributed by atoms with Gasteiger partial charge < -0.3 is 10.0 Å². The molecule has 1 aliphatic rings. The van der Waals surface area contributed by atoms with E-state index in [2.05, 4.69) is 0 Å². The van der Waals surface area contributed by atoms with E-state index >= 15 is 0 Å². The molecule has 2 unspecified atom stereocenters. The van der Waals surface area contributed by atoms with Gasteiger partial charge in [-0.15, -0.1) is 0 Å². The lowest BCUT2D eigenvalue weighted by atomic mass is 10.2. The van der Waals surface area contributed by atoms with Gasteiger partial charge in [0, 0.05) is 19.2 Å². The summed E-state index contributed by atoms with van der Waals surface area (Å²) in [5.74, 6) is 1.57. The normalized spacial score (nSPS) is 23.2. The fourth-order valence-corrected chi connectivity index (χ4v) is 4.84. The monoisotopic (exact) mass is 309 g/mol. The Hall–Kier alpha value is -0.270. The van der Waals surface area contributed by atoms with E-state index in [1.54, 1.807) is 4.90 Å². The number of sulfone groups is 1. The molecule has 0 aromatic rings. The van der Waals surface area contributed by atoms with Crippen molar-refractivity contribution >= 4 is 27.5 Å². The molecule has 0 spiro atoms. The topological polar surface area (TPSA) is 74.7 Å². The number of hydrogen-bond acceptors (Lipinski definition) is 5. The van der Waals surface area contributed by atoms with Crippen LogP contribution in [0.2, 0.25) is 0 Å². The van der Waals surface area contributed by atoms with Crippen molar-refractivity contribution in [2.45, 2.75) is 26.3 Å². The second kappa shape index (κ2) is 7.50. The van der Waals surface area contributed by atoms with E-state index < -0.39 is 9.84 Å². The predicted molar refractivity (Wildman–Crippen MR) is 78.0 cm³/mol. The minimum atomic E-state index is -2.96. The van der Waals surface area contributed by atoms with Crippen LogP contribution in [-0.2, 0) is 14.6 Å².